The summed E-state index contributed by atoms with van der Waals surface area (Å²) in [7, 11) is 0. The van der Waals surface area contributed by atoms with Crippen molar-refractivity contribution in [1.29, 1.82) is 0 Å². The third kappa shape index (κ3) is 31.0. The normalized spacial score (nSPS) is 22.4. The molecule has 21 nitrogen and oxygen atoms in total. The third-order valence-electron chi connectivity index (χ3n) is 17.5. The number of unbranched alkanes of at least 4 members (excludes halogenated alkanes) is 10. The van der Waals surface area contributed by atoms with Crippen LogP contribution in [0.3, 0.4) is 0 Å². The third-order valence-corrected chi connectivity index (χ3v) is 17.5. The van der Waals surface area contributed by atoms with Crippen LogP contribution in [0.2, 0.25) is 0 Å². The van der Waals surface area contributed by atoms with Crippen LogP contribution >= 0.6 is 0 Å². The molecular formula is C70H118N8O13. The van der Waals surface area contributed by atoms with Crippen LogP contribution in [0.5, 0.6) is 0 Å². The Morgan fingerprint density at radius 2 is 0.989 bits per heavy atom. The molecule has 0 spiro atoms. The molecule has 1 aliphatic heterocycles. The highest BCUT2D eigenvalue weighted by Crippen LogP contribution is 2.23. The SMILES string of the molecule is CCCCCCCC[C@@H]1NC(=O)[C@@H](Cc2ccccc2)CC(=O)[C@H](CCC)NC(=O)[C@@H](CC(=O)[C@H](CCC)NC(=O)[C@@H](CC(=O)[C@H](CCC)NC(=O)[C@@H](N)CCCCCCCC)[C@@H](C)O)CCNC(=O)[C@H]([C@@H](C)O)CC(=O)[C@H](CCC)NC(=O)[C@H](CCC)NC1=O. The molecule has 0 aromatic heterocycles. The molecule has 11 N–H and O–H groups in total. The van der Waals surface area contributed by atoms with E-state index in [0.29, 0.717) is 44.9 Å². The van der Waals surface area contributed by atoms with Crippen LogP contribution in [0.15, 0.2) is 30.3 Å². The first-order valence-electron chi connectivity index (χ1n) is 34.9. The van der Waals surface area contributed by atoms with E-state index in [9.17, 15) is 63.0 Å². The van der Waals surface area contributed by atoms with Crippen LogP contribution in [0, 0.1) is 23.7 Å². The molecule has 1 aliphatic rings. The molecule has 0 unspecified atom stereocenters. The number of hydrogen-bond acceptors (Lipinski definition) is 14. The Morgan fingerprint density at radius 3 is 1.54 bits per heavy atom. The number of nitrogens with two attached hydrogens (primary N) is 1. The number of aliphatic hydroxyl groups excluding tert-OH is 2. The van der Waals surface area contributed by atoms with Gasteiger partial charge in [0.25, 0.3) is 0 Å². The first-order chi connectivity index (χ1) is 43.5. The Bertz CT molecular complexity index is 2390. The lowest BCUT2D eigenvalue weighted by molar-refractivity contribution is -0.137. The number of rotatable bonds is 38. The monoisotopic (exact) mass is 1280 g/mol. The molecule has 7 amide bonds. The number of amides is 7. The van der Waals surface area contributed by atoms with Gasteiger partial charge in [-0.25, -0.2) is 0 Å². The van der Waals surface area contributed by atoms with Gasteiger partial charge < -0.3 is 53.2 Å². The molecule has 516 valence electrons. The predicted octanol–water partition coefficient (Wildman–Crippen LogP) is 7.55. The van der Waals surface area contributed by atoms with Crippen molar-refractivity contribution in [2.24, 2.45) is 29.4 Å². The van der Waals surface area contributed by atoms with Crippen molar-refractivity contribution in [2.75, 3.05) is 6.54 Å². The Hall–Kier alpha value is -5.93. The average Bonchev–Trinajstić information content (AvgIpc) is 2.54. The molecule has 21 heteroatoms. The van der Waals surface area contributed by atoms with Gasteiger partial charge in [0.1, 0.15) is 12.1 Å². The van der Waals surface area contributed by atoms with Gasteiger partial charge in [0.15, 0.2) is 23.1 Å². The molecular weight excluding hydrogens is 1160 g/mol. The summed E-state index contributed by atoms with van der Waals surface area (Å²) in [4.78, 5) is 157. The summed E-state index contributed by atoms with van der Waals surface area (Å²) in [5.74, 6) is -11.7. The van der Waals surface area contributed by atoms with E-state index in [2.05, 4.69) is 51.1 Å². The first kappa shape index (κ1) is 81.2. The fourth-order valence-electron chi connectivity index (χ4n) is 11.8. The van der Waals surface area contributed by atoms with Crippen LogP contribution < -0.4 is 43.0 Å². The van der Waals surface area contributed by atoms with Crippen molar-refractivity contribution in [1.82, 2.24) is 37.2 Å². The molecule has 0 saturated carbocycles. The summed E-state index contributed by atoms with van der Waals surface area (Å²) in [6.45, 7) is 15.8. The standard InChI is InChI=1S/C70H118N8O13/c1-10-17-19-21-23-28-37-53(71)68(89)75-56(32-14-5)63(84)45-52(47(9)80)67(88)74-55(31-13-4)60(81)42-49-39-40-72-66(87)51(46(8)79)44-62(83)57(33-15-6)76-69(90)58(34-16-7)78-70(91)59(38-29-24-22-20-18-11-2)77-65(86)50(41-48-35-26-25-27-36-48)43-61(82)54(30-12-3)73-64(49)85/h25-27,35-36,46-47,49-59,79-80H,10-24,28-34,37-45,71H2,1-9H3,(H,72,87)(H,73,85)(H,74,88)(H,75,89)(H,76,90)(H,77,86)(H,78,91)/t46-,47-,49-,50+,51+,52+,53+,54+,55+,56+,57+,58+,59+/m1/s1. The lowest BCUT2D eigenvalue weighted by Gasteiger charge is -2.27. The van der Waals surface area contributed by atoms with Crippen LogP contribution in [-0.4, -0.2) is 136 Å². The van der Waals surface area contributed by atoms with Crippen molar-refractivity contribution in [3.05, 3.63) is 35.9 Å². The van der Waals surface area contributed by atoms with Crippen molar-refractivity contribution in [3.63, 3.8) is 0 Å². The number of carbonyl (C=O) groups excluding carboxylic acids is 11. The molecule has 1 heterocycles. The van der Waals surface area contributed by atoms with Gasteiger partial charge in [0.2, 0.25) is 41.4 Å². The first-order valence-corrected chi connectivity index (χ1v) is 34.9. The topological polar surface area (TPSA) is 338 Å². The lowest BCUT2D eigenvalue weighted by atomic mass is 9.88. The zero-order valence-electron chi connectivity index (χ0n) is 56.8. The summed E-state index contributed by atoms with van der Waals surface area (Å²) >= 11 is 0. The minimum atomic E-state index is -1.37. The maximum absolute atomic E-state index is 14.8. The highest BCUT2D eigenvalue weighted by Gasteiger charge is 2.38. The fraction of sp³-hybridized carbons (Fsp3) is 0.757. The minimum absolute atomic E-state index is 0.0904. The second-order valence-electron chi connectivity index (χ2n) is 25.6. The second kappa shape index (κ2) is 46.2. The van der Waals surface area contributed by atoms with Crippen LogP contribution in [0.4, 0.5) is 0 Å². The quantitative estimate of drug-likeness (QED) is 0.0286. The molecule has 1 aromatic carbocycles. The summed E-state index contributed by atoms with van der Waals surface area (Å²) < 4.78 is 0. The molecule has 13 atom stereocenters. The van der Waals surface area contributed by atoms with Crippen LogP contribution in [0.1, 0.15) is 254 Å². The van der Waals surface area contributed by atoms with E-state index in [-0.39, 0.29) is 64.3 Å². The summed E-state index contributed by atoms with van der Waals surface area (Å²) in [5, 5.41) is 41.7. The summed E-state index contributed by atoms with van der Waals surface area (Å²) in [6, 6.07) is 1.53. The van der Waals surface area contributed by atoms with Crippen molar-refractivity contribution in [3.8, 4) is 0 Å². The molecule has 91 heavy (non-hydrogen) atoms. The van der Waals surface area contributed by atoms with E-state index in [1.54, 1.807) is 19.1 Å². The zero-order valence-corrected chi connectivity index (χ0v) is 56.8. The van der Waals surface area contributed by atoms with E-state index in [0.717, 1.165) is 76.2 Å². The van der Waals surface area contributed by atoms with Crippen molar-refractivity contribution >= 4 is 64.5 Å². The van der Waals surface area contributed by atoms with Gasteiger partial charge in [-0.15, -0.1) is 0 Å². The Labute approximate surface area is 543 Å². The van der Waals surface area contributed by atoms with E-state index < -0.39 is 162 Å². The predicted molar refractivity (Wildman–Crippen MR) is 354 cm³/mol. The number of hydrogen-bond donors (Lipinski definition) is 10. The Kier molecular flexibility index (Phi) is 41.2. The second-order valence-corrected chi connectivity index (χ2v) is 25.6. The van der Waals surface area contributed by atoms with Crippen molar-refractivity contribution in [2.45, 2.75) is 309 Å². The maximum Gasteiger partial charge on any atom is 0.243 e. The Morgan fingerprint density at radius 1 is 0.516 bits per heavy atom. The highest BCUT2D eigenvalue weighted by molar-refractivity contribution is 5.99. The number of benzene rings is 1. The van der Waals surface area contributed by atoms with E-state index in [1.807, 2.05) is 45.9 Å². The maximum atomic E-state index is 14.8. The van der Waals surface area contributed by atoms with E-state index in [1.165, 1.54) is 13.8 Å². The van der Waals surface area contributed by atoms with Crippen molar-refractivity contribution < 1.29 is 63.0 Å². The zero-order chi connectivity index (χ0) is 67.8. The van der Waals surface area contributed by atoms with Gasteiger partial charge in [0.05, 0.1) is 54.3 Å². The van der Waals surface area contributed by atoms with Gasteiger partial charge in [0, 0.05) is 44.1 Å². The molecule has 1 aromatic rings. The van der Waals surface area contributed by atoms with Crippen LogP contribution in [0.25, 0.3) is 0 Å². The van der Waals surface area contributed by atoms with E-state index in [4.69, 9.17) is 5.73 Å². The van der Waals surface area contributed by atoms with Crippen LogP contribution in [-0.2, 0) is 59.2 Å². The molecule has 1 fully saturated rings. The fourth-order valence-corrected chi connectivity index (χ4v) is 11.8. The number of aliphatic hydroxyl groups is 2. The molecule has 0 radical (unpaired) electrons. The van der Waals surface area contributed by atoms with E-state index >= 15 is 0 Å². The number of carbonyl (C=O) groups is 11. The number of ketones is 4. The van der Waals surface area contributed by atoms with Gasteiger partial charge >= 0.3 is 0 Å². The smallest absolute Gasteiger partial charge is 0.243 e. The largest absolute Gasteiger partial charge is 0.393 e. The average molecular weight is 1280 g/mol. The van der Waals surface area contributed by atoms with Gasteiger partial charge in [-0.3, -0.25) is 52.7 Å². The Balaban J connectivity index is 2.68. The van der Waals surface area contributed by atoms with Gasteiger partial charge in [-0.2, -0.15) is 0 Å². The number of nitrogens with one attached hydrogen (secondary N) is 7. The number of Topliss-reactive ketones (excluding diaryl/α,β-unsaturated/α-hetero) is 4. The summed E-state index contributed by atoms with van der Waals surface area (Å²) in [5.41, 5.74) is 6.99. The molecule has 0 bridgehead atoms. The lowest BCUT2D eigenvalue weighted by Crippen LogP contribution is -2.56. The molecule has 1 saturated heterocycles. The molecule has 2 rings (SSSR count). The minimum Gasteiger partial charge on any atom is -0.393 e. The summed E-state index contributed by atoms with van der Waals surface area (Å²) in [6.07, 6.45) is 10.5. The van der Waals surface area contributed by atoms with Gasteiger partial charge in [-0.05, 0) is 77.2 Å². The highest BCUT2D eigenvalue weighted by atomic mass is 16.3. The molecule has 0 aliphatic carbocycles. The van der Waals surface area contributed by atoms with Gasteiger partial charge in [-0.1, -0.05) is 188 Å².